The molecule has 0 spiro atoms. The number of aldehydes is 1. The third-order valence-corrected chi connectivity index (χ3v) is 1.20. The molecule has 0 fully saturated rings. The Morgan fingerprint density at radius 1 is 1.43 bits per heavy atom. The highest BCUT2D eigenvalue weighted by Gasteiger charge is 2.09. The van der Waals surface area contributed by atoms with Crippen LogP contribution in [-0.4, -0.2) is 30.4 Å². The minimum absolute atomic E-state index is 0.0184. The lowest BCUT2D eigenvalue weighted by Crippen LogP contribution is -2.29. The lowest BCUT2D eigenvalue weighted by molar-refractivity contribution is -0.191. The van der Waals surface area contributed by atoms with E-state index in [0.717, 1.165) is 6.29 Å². The molecule has 0 radical (unpaired) electrons. The monoisotopic (exact) mass is 203 g/mol. The molecule has 0 aliphatic rings. The van der Waals surface area contributed by atoms with Gasteiger partial charge in [0.15, 0.2) is 0 Å². The maximum absolute atomic E-state index is 11.1. The van der Waals surface area contributed by atoms with Gasteiger partial charge in [-0.1, -0.05) is 13.8 Å². The third-order valence-electron chi connectivity index (χ3n) is 1.20. The molecule has 0 rings (SSSR count). The van der Waals surface area contributed by atoms with Gasteiger partial charge in [0.05, 0.1) is 6.10 Å². The van der Waals surface area contributed by atoms with Crippen LogP contribution in [0, 0.1) is 0 Å². The van der Waals surface area contributed by atoms with Gasteiger partial charge in [-0.15, -0.1) is 0 Å². The van der Waals surface area contributed by atoms with E-state index in [0.29, 0.717) is 0 Å². The van der Waals surface area contributed by atoms with Crippen LogP contribution < -0.4 is 0 Å². The molecule has 0 N–H and O–H groups in total. The van der Waals surface area contributed by atoms with Gasteiger partial charge in [-0.2, -0.15) is 0 Å². The molecular weight excluding hydrogens is 182 g/mol. The van der Waals surface area contributed by atoms with Crippen LogP contribution >= 0.6 is 0 Å². The summed E-state index contributed by atoms with van der Waals surface area (Å²) >= 11 is 0. The summed E-state index contributed by atoms with van der Waals surface area (Å²) in [6.45, 7) is 7.67. The quantitative estimate of drug-likeness (QED) is 0.505. The molecule has 4 nitrogen and oxygen atoms in total. The SMILES string of the molecule is CC.CC(C)ON(C)C(=O)CCC=O. The van der Waals surface area contributed by atoms with Crippen LogP contribution in [0.5, 0.6) is 0 Å². The maximum Gasteiger partial charge on any atom is 0.246 e. The topological polar surface area (TPSA) is 46.6 Å². The molecule has 14 heavy (non-hydrogen) atoms. The molecule has 0 aromatic heterocycles. The van der Waals surface area contributed by atoms with Gasteiger partial charge in [0.2, 0.25) is 5.91 Å². The average Bonchev–Trinajstić information content (AvgIpc) is 2.16. The zero-order chi connectivity index (χ0) is 11.6. The second-order valence-corrected chi connectivity index (χ2v) is 2.75. The van der Waals surface area contributed by atoms with Crippen LogP contribution in [0.3, 0.4) is 0 Å². The molecule has 1 amide bonds. The normalized spacial score (nSPS) is 9.00. The van der Waals surface area contributed by atoms with E-state index in [1.807, 2.05) is 27.7 Å². The molecule has 0 unspecified atom stereocenters. The fourth-order valence-electron chi connectivity index (χ4n) is 0.715. The first kappa shape index (κ1) is 15.6. The Hall–Kier alpha value is -0.900. The Balaban J connectivity index is 0. The van der Waals surface area contributed by atoms with Crippen molar-refractivity contribution in [3.8, 4) is 0 Å². The van der Waals surface area contributed by atoms with E-state index in [4.69, 9.17) is 4.84 Å². The van der Waals surface area contributed by atoms with E-state index in [9.17, 15) is 9.59 Å². The maximum atomic E-state index is 11.1. The average molecular weight is 203 g/mol. The van der Waals surface area contributed by atoms with Gasteiger partial charge in [-0.3, -0.25) is 9.63 Å². The first-order valence-electron chi connectivity index (χ1n) is 4.95. The number of carbonyl (C=O) groups is 2. The van der Waals surface area contributed by atoms with Crippen LogP contribution in [0.15, 0.2) is 0 Å². The van der Waals surface area contributed by atoms with Gasteiger partial charge in [-0.25, -0.2) is 5.06 Å². The summed E-state index contributed by atoms with van der Waals surface area (Å²) in [4.78, 5) is 26.1. The molecule has 0 saturated heterocycles. The van der Waals surface area contributed by atoms with E-state index in [-0.39, 0.29) is 24.9 Å². The van der Waals surface area contributed by atoms with Crippen molar-refractivity contribution in [2.45, 2.75) is 46.6 Å². The highest BCUT2D eigenvalue weighted by Crippen LogP contribution is 1.98. The standard InChI is InChI=1S/C8H15NO3.C2H6/c1-7(2)12-9(3)8(11)5-4-6-10;1-2/h6-7H,4-5H2,1-3H3;1-2H3. The Bertz CT molecular complexity index is 157. The first-order chi connectivity index (χ1) is 6.57. The van der Waals surface area contributed by atoms with Gasteiger partial charge >= 0.3 is 0 Å². The molecule has 4 heteroatoms. The van der Waals surface area contributed by atoms with Gasteiger partial charge in [0.1, 0.15) is 6.29 Å². The van der Waals surface area contributed by atoms with Gasteiger partial charge in [-0.05, 0) is 13.8 Å². The lowest BCUT2D eigenvalue weighted by Gasteiger charge is -2.18. The van der Waals surface area contributed by atoms with Crippen LogP contribution in [0.4, 0.5) is 0 Å². The van der Waals surface area contributed by atoms with Crippen molar-refractivity contribution >= 4 is 12.2 Å². The highest BCUT2D eigenvalue weighted by atomic mass is 16.7. The fraction of sp³-hybridized carbons (Fsp3) is 0.800. The molecule has 0 aliphatic heterocycles. The minimum atomic E-state index is -0.171. The Labute approximate surface area is 86.2 Å². The predicted octanol–water partition coefficient (Wildman–Crippen LogP) is 1.79. The molecule has 0 aliphatic carbocycles. The third kappa shape index (κ3) is 9.19. The van der Waals surface area contributed by atoms with Crippen molar-refractivity contribution in [1.29, 1.82) is 0 Å². The highest BCUT2D eigenvalue weighted by molar-refractivity contribution is 5.77. The summed E-state index contributed by atoms with van der Waals surface area (Å²) in [5.74, 6) is -0.171. The summed E-state index contributed by atoms with van der Waals surface area (Å²) in [7, 11) is 1.55. The van der Waals surface area contributed by atoms with Gasteiger partial charge < -0.3 is 4.79 Å². The largest absolute Gasteiger partial charge is 0.303 e. The van der Waals surface area contributed by atoms with E-state index in [2.05, 4.69) is 0 Å². The Kier molecular flexibility index (Phi) is 11.3. The number of rotatable bonds is 5. The van der Waals surface area contributed by atoms with Crippen molar-refractivity contribution in [2.24, 2.45) is 0 Å². The van der Waals surface area contributed by atoms with E-state index < -0.39 is 0 Å². The molecule has 84 valence electrons. The number of hydrogen-bond donors (Lipinski definition) is 0. The van der Waals surface area contributed by atoms with Crippen LogP contribution in [0.1, 0.15) is 40.5 Å². The lowest BCUT2D eigenvalue weighted by atomic mass is 10.3. The summed E-state index contributed by atoms with van der Waals surface area (Å²) in [5, 5.41) is 1.17. The number of nitrogens with zero attached hydrogens (tertiary/aromatic N) is 1. The molecule has 0 atom stereocenters. The molecule has 0 aromatic carbocycles. The van der Waals surface area contributed by atoms with Crippen molar-refractivity contribution in [3.05, 3.63) is 0 Å². The van der Waals surface area contributed by atoms with Crippen molar-refractivity contribution in [3.63, 3.8) is 0 Å². The predicted molar refractivity (Wildman–Crippen MR) is 55.6 cm³/mol. The first-order valence-corrected chi connectivity index (χ1v) is 4.95. The van der Waals surface area contributed by atoms with Crippen molar-refractivity contribution in [1.82, 2.24) is 5.06 Å². The fourth-order valence-corrected chi connectivity index (χ4v) is 0.715. The van der Waals surface area contributed by atoms with Crippen LogP contribution in [0.25, 0.3) is 0 Å². The summed E-state index contributed by atoms with van der Waals surface area (Å²) in [6, 6.07) is 0. The van der Waals surface area contributed by atoms with Crippen molar-refractivity contribution < 1.29 is 14.4 Å². The summed E-state index contributed by atoms with van der Waals surface area (Å²) in [5.41, 5.74) is 0. The summed E-state index contributed by atoms with van der Waals surface area (Å²) in [6.07, 6.45) is 1.17. The number of carbonyl (C=O) groups excluding carboxylic acids is 2. The van der Waals surface area contributed by atoms with Gasteiger partial charge in [0, 0.05) is 19.9 Å². The molecule has 0 heterocycles. The number of hydrogen-bond acceptors (Lipinski definition) is 3. The molecular formula is C10H21NO3. The second kappa shape index (κ2) is 10.2. The summed E-state index contributed by atoms with van der Waals surface area (Å²) < 4.78 is 0. The van der Waals surface area contributed by atoms with Gasteiger partial charge in [0.25, 0.3) is 0 Å². The van der Waals surface area contributed by atoms with Crippen LogP contribution in [0.2, 0.25) is 0 Å². The number of hydroxylamine groups is 2. The molecule has 0 saturated carbocycles. The number of amides is 1. The Morgan fingerprint density at radius 2 is 1.93 bits per heavy atom. The smallest absolute Gasteiger partial charge is 0.246 e. The van der Waals surface area contributed by atoms with E-state index >= 15 is 0 Å². The Morgan fingerprint density at radius 3 is 2.29 bits per heavy atom. The van der Waals surface area contributed by atoms with E-state index in [1.54, 1.807) is 7.05 Å². The van der Waals surface area contributed by atoms with E-state index in [1.165, 1.54) is 5.06 Å². The zero-order valence-corrected chi connectivity index (χ0v) is 9.74. The molecule has 0 bridgehead atoms. The van der Waals surface area contributed by atoms with Crippen LogP contribution in [-0.2, 0) is 14.4 Å². The minimum Gasteiger partial charge on any atom is -0.303 e. The van der Waals surface area contributed by atoms with Crippen molar-refractivity contribution in [2.75, 3.05) is 7.05 Å². The second-order valence-electron chi connectivity index (χ2n) is 2.75. The molecule has 0 aromatic rings. The zero-order valence-electron chi connectivity index (χ0n) is 9.74.